The molecule has 3 aromatic rings. The van der Waals surface area contributed by atoms with Gasteiger partial charge in [0, 0.05) is 40.6 Å². The molecule has 0 saturated carbocycles. The van der Waals surface area contributed by atoms with Crippen molar-refractivity contribution in [1.29, 1.82) is 0 Å². The van der Waals surface area contributed by atoms with Gasteiger partial charge in [0.2, 0.25) is 0 Å². The van der Waals surface area contributed by atoms with E-state index in [-0.39, 0.29) is 17.6 Å². The Labute approximate surface area is 241 Å². The molecule has 1 amide bonds. The number of carbonyl (C=O) groups is 2. The van der Waals surface area contributed by atoms with Crippen LogP contribution in [0.5, 0.6) is 17.2 Å². The van der Waals surface area contributed by atoms with Crippen LogP contribution in [-0.4, -0.2) is 33.0 Å². The maximum Gasteiger partial charge on any atom is 0.254 e. The van der Waals surface area contributed by atoms with E-state index in [2.05, 4.69) is 28.8 Å². The van der Waals surface area contributed by atoms with E-state index in [4.69, 9.17) is 14.2 Å². The number of ether oxygens (including phenoxy) is 3. The van der Waals surface area contributed by atoms with Crippen LogP contribution in [-0.2, 0) is 9.59 Å². The summed E-state index contributed by atoms with van der Waals surface area (Å²) in [5.74, 6) is 1.27. The number of hydrogen-bond acceptors (Lipinski definition) is 6. The van der Waals surface area contributed by atoms with E-state index in [1.165, 1.54) is 0 Å². The molecule has 2 N–H and O–H groups in total. The van der Waals surface area contributed by atoms with Gasteiger partial charge in [0.05, 0.1) is 21.3 Å². The van der Waals surface area contributed by atoms with E-state index < -0.39 is 5.92 Å². The molecule has 1 heterocycles. The third-order valence-electron chi connectivity index (χ3n) is 8.04. The third kappa shape index (κ3) is 5.44. The lowest BCUT2D eigenvalue weighted by atomic mass is 9.70. The number of benzene rings is 3. The smallest absolute Gasteiger partial charge is 0.254 e. The second-order valence-electron chi connectivity index (χ2n) is 10.7. The second kappa shape index (κ2) is 11.5. The first-order chi connectivity index (χ1) is 19.7. The summed E-state index contributed by atoms with van der Waals surface area (Å²) in [6.07, 6.45) is 0.979. The highest BCUT2D eigenvalue weighted by Crippen LogP contribution is 2.47. The van der Waals surface area contributed by atoms with Crippen molar-refractivity contribution in [3.63, 3.8) is 0 Å². The molecule has 0 bridgehead atoms. The number of allylic oxidation sites excluding steroid dienone is 3. The summed E-state index contributed by atoms with van der Waals surface area (Å²) in [7, 11) is 4.82. The number of nitrogens with one attached hydrogen (secondary N) is 2. The molecule has 2 atom stereocenters. The molecule has 7 heteroatoms. The molecule has 1 aliphatic heterocycles. The molecule has 0 fully saturated rings. The number of amides is 1. The number of carbonyl (C=O) groups excluding carboxylic acids is 2. The van der Waals surface area contributed by atoms with Gasteiger partial charge in [-0.2, -0.15) is 0 Å². The van der Waals surface area contributed by atoms with Gasteiger partial charge in [-0.15, -0.1) is 0 Å². The molecule has 0 radical (unpaired) electrons. The zero-order valence-electron chi connectivity index (χ0n) is 24.4. The number of hydrogen-bond donors (Lipinski definition) is 2. The molecule has 2 aliphatic rings. The highest BCUT2D eigenvalue weighted by atomic mass is 16.5. The van der Waals surface area contributed by atoms with Crippen molar-refractivity contribution in [3.05, 3.63) is 105 Å². The number of anilines is 1. The van der Waals surface area contributed by atoms with Crippen LogP contribution >= 0.6 is 0 Å². The van der Waals surface area contributed by atoms with Gasteiger partial charge in [-0.25, -0.2) is 0 Å². The van der Waals surface area contributed by atoms with E-state index in [0.717, 1.165) is 33.6 Å². The molecule has 212 valence electrons. The van der Waals surface area contributed by atoms with E-state index in [0.29, 0.717) is 46.9 Å². The molecular weight excluding hydrogens is 516 g/mol. The van der Waals surface area contributed by atoms with Crippen LogP contribution in [0.2, 0.25) is 0 Å². The molecule has 0 spiro atoms. The van der Waals surface area contributed by atoms with E-state index in [9.17, 15) is 9.59 Å². The van der Waals surface area contributed by atoms with Crippen LogP contribution in [0.4, 0.5) is 5.69 Å². The summed E-state index contributed by atoms with van der Waals surface area (Å²) in [5.41, 5.74) is 7.56. The van der Waals surface area contributed by atoms with Gasteiger partial charge in [-0.1, -0.05) is 29.8 Å². The summed E-state index contributed by atoms with van der Waals surface area (Å²) < 4.78 is 16.2. The Morgan fingerprint density at radius 2 is 1.59 bits per heavy atom. The van der Waals surface area contributed by atoms with Crippen molar-refractivity contribution in [3.8, 4) is 17.2 Å². The molecule has 0 aromatic heterocycles. The fourth-order valence-corrected chi connectivity index (χ4v) is 5.94. The van der Waals surface area contributed by atoms with Gasteiger partial charge in [0.25, 0.3) is 5.91 Å². The lowest BCUT2D eigenvalue weighted by Crippen LogP contribution is -2.37. The predicted molar refractivity (Wildman–Crippen MR) is 160 cm³/mol. The van der Waals surface area contributed by atoms with Crippen LogP contribution in [0.15, 0.2) is 83.2 Å². The molecule has 41 heavy (non-hydrogen) atoms. The van der Waals surface area contributed by atoms with Crippen LogP contribution in [0.1, 0.15) is 53.9 Å². The van der Waals surface area contributed by atoms with Crippen molar-refractivity contribution in [2.24, 2.45) is 0 Å². The van der Waals surface area contributed by atoms with E-state index >= 15 is 0 Å². The summed E-state index contributed by atoms with van der Waals surface area (Å²) in [6, 6.07) is 19.2. The van der Waals surface area contributed by atoms with Crippen molar-refractivity contribution in [2.45, 2.75) is 45.4 Å². The maximum absolute atomic E-state index is 14.1. The Morgan fingerprint density at radius 3 is 2.27 bits per heavy atom. The van der Waals surface area contributed by atoms with Gasteiger partial charge in [-0.05, 0) is 86.2 Å². The van der Waals surface area contributed by atoms with Crippen LogP contribution in [0.3, 0.4) is 0 Å². The topological polar surface area (TPSA) is 85.9 Å². The summed E-state index contributed by atoms with van der Waals surface area (Å²) in [4.78, 5) is 28.0. The summed E-state index contributed by atoms with van der Waals surface area (Å²) >= 11 is 0. The highest BCUT2D eigenvalue weighted by molar-refractivity contribution is 6.10. The Bertz CT molecular complexity index is 1570. The zero-order valence-corrected chi connectivity index (χ0v) is 24.4. The first-order valence-electron chi connectivity index (χ1n) is 13.7. The van der Waals surface area contributed by atoms with Crippen molar-refractivity contribution >= 4 is 17.4 Å². The van der Waals surface area contributed by atoms with Crippen LogP contribution in [0, 0.1) is 13.8 Å². The molecule has 0 unspecified atom stereocenters. The van der Waals surface area contributed by atoms with Crippen molar-refractivity contribution in [1.82, 2.24) is 5.32 Å². The fourth-order valence-electron chi connectivity index (χ4n) is 5.94. The molecule has 7 nitrogen and oxygen atoms in total. The quantitative estimate of drug-likeness (QED) is 0.356. The van der Waals surface area contributed by atoms with Gasteiger partial charge in [0.15, 0.2) is 17.3 Å². The van der Waals surface area contributed by atoms with Crippen LogP contribution < -0.4 is 24.8 Å². The predicted octanol–water partition coefficient (Wildman–Crippen LogP) is 6.33. The second-order valence-corrected chi connectivity index (χ2v) is 10.7. The monoisotopic (exact) mass is 552 g/mol. The Kier molecular flexibility index (Phi) is 7.88. The number of rotatable bonds is 7. The zero-order chi connectivity index (χ0) is 29.3. The average molecular weight is 553 g/mol. The minimum Gasteiger partial charge on any atom is -0.497 e. The SMILES string of the molecule is COc1ccc(NC(=O)C2=C(C)NC3=C(C(=O)C[C@H](c4ccc(OC)c(OC)c4)C3)[C@@H]2c2cc(C)ccc2C)cc1. The average Bonchev–Trinajstić information content (AvgIpc) is 2.97. The summed E-state index contributed by atoms with van der Waals surface area (Å²) in [5, 5.41) is 6.51. The molecular formula is C34H36N2O5. The molecule has 3 aromatic carbocycles. The number of methoxy groups -OCH3 is 3. The molecule has 0 saturated heterocycles. The number of Topliss-reactive ketones (excluding diaryl/α,β-unsaturated/α-hetero) is 1. The van der Waals surface area contributed by atoms with Gasteiger partial charge in [0.1, 0.15) is 5.75 Å². The molecule has 1 aliphatic carbocycles. The van der Waals surface area contributed by atoms with Crippen molar-refractivity contribution < 1.29 is 23.8 Å². The van der Waals surface area contributed by atoms with Gasteiger partial charge < -0.3 is 24.8 Å². The van der Waals surface area contributed by atoms with Crippen molar-refractivity contribution in [2.75, 3.05) is 26.6 Å². The van der Waals surface area contributed by atoms with Crippen LogP contribution in [0.25, 0.3) is 0 Å². The first kappa shape index (κ1) is 28.0. The first-order valence-corrected chi connectivity index (χ1v) is 13.7. The number of ketones is 1. The summed E-state index contributed by atoms with van der Waals surface area (Å²) in [6.45, 7) is 5.98. The largest absolute Gasteiger partial charge is 0.497 e. The van der Waals surface area contributed by atoms with Gasteiger partial charge in [-0.3, -0.25) is 9.59 Å². The normalized spacial score (nSPS) is 18.4. The van der Waals surface area contributed by atoms with E-state index in [1.54, 1.807) is 45.6 Å². The minimum absolute atomic E-state index is 0.0321. The Balaban J connectivity index is 1.56. The number of dihydropyridines is 1. The Hall–Kier alpha value is -4.52. The lowest BCUT2D eigenvalue weighted by Gasteiger charge is -2.37. The minimum atomic E-state index is -0.483. The lowest BCUT2D eigenvalue weighted by molar-refractivity contribution is -0.116. The Morgan fingerprint density at radius 1 is 0.854 bits per heavy atom. The molecule has 5 rings (SSSR count). The fraction of sp³-hybridized carbons (Fsp3) is 0.294. The third-order valence-corrected chi connectivity index (χ3v) is 8.04. The number of aryl methyl sites for hydroxylation is 2. The maximum atomic E-state index is 14.1. The van der Waals surface area contributed by atoms with Gasteiger partial charge >= 0.3 is 0 Å². The standard InChI is InChI=1S/C34H36N2O5/c1-19-7-8-20(2)26(15-19)32-31(34(38)36-24-10-12-25(39-4)13-11-24)21(3)35-27-16-23(17-28(37)33(27)32)22-9-14-29(40-5)30(18-22)41-6/h7-15,18,23,32,35H,16-17H2,1-6H3,(H,36,38)/t23-,32-/m1/s1. The highest BCUT2D eigenvalue weighted by Gasteiger charge is 2.41. The van der Waals surface area contributed by atoms with E-state index in [1.807, 2.05) is 39.0 Å².